The molecule has 0 saturated heterocycles. The number of carboxylic acid groups (broad SMARTS) is 1. The fourth-order valence-corrected chi connectivity index (χ4v) is 2.62. The van der Waals surface area contributed by atoms with Gasteiger partial charge in [0.05, 0.1) is 22.4 Å². The van der Waals surface area contributed by atoms with Crippen LogP contribution in [0.3, 0.4) is 0 Å². The Balaban J connectivity index is 2.55. The van der Waals surface area contributed by atoms with Gasteiger partial charge in [-0.3, -0.25) is 4.79 Å². The predicted molar refractivity (Wildman–Crippen MR) is 87.5 cm³/mol. The number of carbonyl (C=O) groups is 2. The highest BCUT2D eigenvalue weighted by molar-refractivity contribution is 6.31. The van der Waals surface area contributed by atoms with Crippen molar-refractivity contribution in [1.82, 2.24) is 0 Å². The lowest BCUT2D eigenvalue weighted by Crippen LogP contribution is -2.19. The standard InChI is InChI=1S/C17H10ClF6NO3/c1-7-2-11(18)6-12(15(27)28)13(7)25-14(26)8-3-9(16(19,20)21)5-10(4-8)17(22,23)24/h2-6H,1H3,(H,25,26)(H,27,28). The van der Waals surface area contributed by atoms with Crippen LogP contribution in [0.4, 0.5) is 32.0 Å². The molecule has 1 amide bonds. The lowest BCUT2D eigenvalue weighted by Gasteiger charge is -2.16. The summed E-state index contributed by atoms with van der Waals surface area (Å²) in [6.45, 7) is 1.36. The van der Waals surface area contributed by atoms with Crippen LogP contribution in [0.25, 0.3) is 0 Å². The Hall–Kier alpha value is -2.75. The van der Waals surface area contributed by atoms with Gasteiger partial charge in [0, 0.05) is 10.6 Å². The maximum atomic E-state index is 12.9. The summed E-state index contributed by atoms with van der Waals surface area (Å²) in [4.78, 5) is 23.6. The molecular weight excluding hydrogens is 416 g/mol. The van der Waals surface area contributed by atoms with Gasteiger partial charge in [0.1, 0.15) is 0 Å². The van der Waals surface area contributed by atoms with E-state index in [2.05, 4.69) is 0 Å². The van der Waals surface area contributed by atoms with Crippen molar-refractivity contribution < 1.29 is 41.0 Å². The summed E-state index contributed by atoms with van der Waals surface area (Å²) in [5.41, 5.74) is -4.89. The van der Waals surface area contributed by atoms with Crippen molar-refractivity contribution in [2.45, 2.75) is 19.3 Å². The molecule has 0 radical (unpaired) electrons. The zero-order valence-electron chi connectivity index (χ0n) is 13.8. The van der Waals surface area contributed by atoms with Gasteiger partial charge in [-0.15, -0.1) is 0 Å². The van der Waals surface area contributed by atoms with Crippen LogP contribution in [0.1, 0.15) is 37.4 Å². The first-order valence-electron chi connectivity index (χ1n) is 7.34. The smallest absolute Gasteiger partial charge is 0.416 e. The normalized spacial score (nSPS) is 12.0. The summed E-state index contributed by atoms with van der Waals surface area (Å²) in [6.07, 6.45) is -10.3. The topological polar surface area (TPSA) is 66.4 Å². The Bertz CT molecular complexity index is 921. The number of benzene rings is 2. The predicted octanol–water partition coefficient (Wildman–Crippen LogP) is 5.64. The fraction of sp³-hybridized carbons (Fsp3) is 0.176. The maximum absolute atomic E-state index is 12.9. The summed E-state index contributed by atoms with van der Waals surface area (Å²) in [5.74, 6) is -2.84. The molecule has 2 aromatic carbocycles. The van der Waals surface area contributed by atoms with Gasteiger partial charge in [-0.25, -0.2) is 4.79 Å². The van der Waals surface area contributed by atoms with Crippen LogP contribution in [0, 0.1) is 6.92 Å². The van der Waals surface area contributed by atoms with E-state index in [1.165, 1.54) is 13.0 Å². The van der Waals surface area contributed by atoms with E-state index >= 15 is 0 Å². The van der Waals surface area contributed by atoms with E-state index in [4.69, 9.17) is 11.6 Å². The first-order chi connectivity index (χ1) is 12.7. The van der Waals surface area contributed by atoms with Crippen molar-refractivity contribution in [2.24, 2.45) is 0 Å². The molecule has 2 aromatic rings. The second-order valence-corrected chi connectivity index (χ2v) is 6.14. The van der Waals surface area contributed by atoms with E-state index < -0.39 is 46.5 Å². The van der Waals surface area contributed by atoms with Gasteiger partial charge in [-0.1, -0.05) is 11.6 Å². The first-order valence-corrected chi connectivity index (χ1v) is 7.72. The molecule has 11 heteroatoms. The molecule has 0 heterocycles. The minimum Gasteiger partial charge on any atom is -0.478 e. The molecule has 4 nitrogen and oxygen atoms in total. The van der Waals surface area contributed by atoms with E-state index in [1.807, 2.05) is 5.32 Å². The Morgan fingerprint density at radius 3 is 1.86 bits per heavy atom. The first kappa shape index (κ1) is 21.5. The lowest BCUT2D eigenvalue weighted by molar-refractivity contribution is -0.143. The minimum absolute atomic E-state index is 0.0197. The number of alkyl halides is 6. The Morgan fingerprint density at radius 2 is 1.43 bits per heavy atom. The molecule has 0 aliphatic carbocycles. The van der Waals surface area contributed by atoms with Crippen molar-refractivity contribution in [3.8, 4) is 0 Å². The van der Waals surface area contributed by atoms with Crippen LogP contribution in [0.15, 0.2) is 30.3 Å². The van der Waals surface area contributed by atoms with Gasteiger partial charge in [-0.2, -0.15) is 26.3 Å². The largest absolute Gasteiger partial charge is 0.478 e. The van der Waals surface area contributed by atoms with Crippen molar-refractivity contribution in [1.29, 1.82) is 0 Å². The Kier molecular flexibility index (Phi) is 5.65. The van der Waals surface area contributed by atoms with Crippen LogP contribution >= 0.6 is 11.6 Å². The quantitative estimate of drug-likeness (QED) is 0.626. The highest BCUT2D eigenvalue weighted by Gasteiger charge is 2.37. The molecular formula is C17H10ClF6NO3. The summed E-state index contributed by atoms with van der Waals surface area (Å²) in [6, 6.07) is 2.64. The average Bonchev–Trinajstić information content (AvgIpc) is 2.54. The highest BCUT2D eigenvalue weighted by atomic mass is 35.5. The van der Waals surface area contributed by atoms with E-state index in [9.17, 15) is 41.0 Å². The number of carboxylic acids is 1. The number of aromatic carboxylic acids is 1. The van der Waals surface area contributed by atoms with Crippen LogP contribution < -0.4 is 5.32 Å². The van der Waals surface area contributed by atoms with E-state index in [1.54, 1.807) is 0 Å². The van der Waals surface area contributed by atoms with Gasteiger partial charge in [-0.05, 0) is 42.8 Å². The minimum atomic E-state index is -5.13. The molecule has 150 valence electrons. The third-order valence-electron chi connectivity index (χ3n) is 3.62. The fourth-order valence-electron chi connectivity index (χ4n) is 2.35. The SMILES string of the molecule is Cc1cc(Cl)cc(C(=O)O)c1NC(=O)c1cc(C(F)(F)F)cc(C(F)(F)F)c1. The second-order valence-electron chi connectivity index (χ2n) is 5.70. The Labute approximate surface area is 158 Å². The van der Waals surface area contributed by atoms with Crippen LogP contribution in [-0.4, -0.2) is 17.0 Å². The van der Waals surface area contributed by atoms with Gasteiger partial charge in [0.25, 0.3) is 5.91 Å². The molecule has 0 unspecified atom stereocenters. The third kappa shape index (κ3) is 4.75. The van der Waals surface area contributed by atoms with Gasteiger partial charge in [0.2, 0.25) is 0 Å². The molecule has 28 heavy (non-hydrogen) atoms. The molecule has 0 aliphatic rings. The van der Waals surface area contributed by atoms with E-state index in [0.29, 0.717) is 0 Å². The molecule has 0 saturated carbocycles. The van der Waals surface area contributed by atoms with Crippen LogP contribution in [0.5, 0.6) is 0 Å². The number of nitrogens with one attached hydrogen (secondary N) is 1. The second kappa shape index (κ2) is 7.34. The summed E-state index contributed by atoms with van der Waals surface area (Å²) in [7, 11) is 0. The number of rotatable bonds is 3. The van der Waals surface area contributed by atoms with Crippen LogP contribution in [-0.2, 0) is 12.4 Å². The van der Waals surface area contributed by atoms with E-state index in [0.717, 1.165) is 6.07 Å². The van der Waals surface area contributed by atoms with E-state index in [-0.39, 0.29) is 34.5 Å². The van der Waals surface area contributed by atoms with Crippen molar-refractivity contribution >= 4 is 29.2 Å². The molecule has 2 N–H and O–H groups in total. The number of hydrogen-bond acceptors (Lipinski definition) is 2. The Morgan fingerprint density at radius 1 is 0.929 bits per heavy atom. The summed E-state index contributed by atoms with van der Waals surface area (Å²) in [5, 5.41) is 11.3. The molecule has 2 rings (SSSR count). The maximum Gasteiger partial charge on any atom is 0.416 e. The van der Waals surface area contributed by atoms with Crippen LogP contribution in [0.2, 0.25) is 5.02 Å². The number of carbonyl (C=O) groups excluding carboxylic acids is 1. The zero-order valence-corrected chi connectivity index (χ0v) is 14.6. The van der Waals surface area contributed by atoms with Gasteiger partial charge in [0.15, 0.2) is 0 Å². The monoisotopic (exact) mass is 425 g/mol. The van der Waals surface area contributed by atoms with Crippen molar-refractivity contribution in [2.75, 3.05) is 5.32 Å². The molecule has 0 spiro atoms. The molecule has 0 bridgehead atoms. The number of aryl methyl sites for hydroxylation is 1. The number of halogens is 7. The average molecular weight is 426 g/mol. The lowest BCUT2D eigenvalue weighted by atomic mass is 10.0. The number of hydrogen-bond donors (Lipinski definition) is 2. The van der Waals surface area contributed by atoms with Crippen molar-refractivity contribution in [3.05, 3.63) is 63.2 Å². The summed E-state index contributed by atoms with van der Waals surface area (Å²) >= 11 is 5.74. The zero-order chi connectivity index (χ0) is 21.4. The van der Waals surface area contributed by atoms with Crippen molar-refractivity contribution in [3.63, 3.8) is 0 Å². The molecule has 0 aliphatic heterocycles. The highest BCUT2D eigenvalue weighted by Crippen LogP contribution is 2.36. The summed E-state index contributed by atoms with van der Waals surface area (Å²) < 4.78 is 77.5. The third-order valence-corrected chi connectivity index (χ3v) is 3.84. The number of anilines is 1. The van der Waals surface area contributed by atoms with Gasteiger partial charge >= 0.3 is 18.3 Å². The van der Waals surface area contributed by atoms with Gasteiger partial charge < -0.3 is 10.4 Å². The number of amides is 1. The molecule has 0 aromatic heterocycles. The molecule has 0 atom stereocenters. The molecule has 0 fully saturated rings.